The number of anilines is 1. The summed E-state index contributed by atoms with van der Waals surface area (Å²) in [5.41, 5.74) is 1.23. The maximum absolute atomic E-state index is 6.05. The molecule has 1 fully saturated rings. The molecular weight excluding hydrogens is 525 g/mol. The molecule has 1 aliphatic rings. The molecule has 31 heavy (non-hydrogen) atoms. The fourth-order valence-electron chi connectivity index (χ4n) is 3.47. The van der Waals surface area contributed by atoms with Gasteiger partial charge in [0.1, 0.15) is 0 Å². The molecular formula is C22H33ClIN7. The highest BCUT2D eigenvalue weighted by molar-refractivity contribution is 14.0. The summed E-state index contributed by atoms with van der Waals surface area (Å²) < 4.78 is 0. The third-order valence-corrected chi connectivity index (χ3v) is 5.28. The second-order valence-electron chi connectivity index (χ2n) is 7.30. The molecule has 2 aromatic rings. The summed E-state index contributed by atoms with van der Waals surface area (Å²) in [6.07, 6.45) is 5.57. The van der Waals surface area contributed by atoms with Crippen LogP contribution in [0.3, 0.4) is 0 Å². The first-order chi connectivity index (χ1) is 14.7. The van der Waals surface area contributed by atoms with Gasteiger partial charge < -0.3 is 15.5 Å². The minimum Gasteiger partial charge on any atom is -0.357 e. The molecule has 1 aromatic carbocycles. The summed E-state index contributed by atoms with van der Waals surface area (Å²) in [6, 6.07) is 9.86. The highest BCUT2D eigenvalue weighted by Gasteiger charge is 2.18. The van der Waals surface area contributed by atoms with E-state index in [1.807, 2.05) is 24.3 Å². The predicted octanol–water partition coefficient (Wildman–Crippen LogP) is 3.06. The molecule has 1 aromatic heterocycles. The first-order valence-electron chi connectivity index (χ1n) is 10.8. The van der Waals surface area contributed by atoms with Crippen LogP contribution in [-0.2, 0) is 6.42 Å². The van der Waals surface area contributed by atoms with Crippen LogP contribution in [0.2, 0.25) is 5.02 Å². The van der Waals surface area contributed by atoms with Crippen LogP contribution in [0.15, 0.2) is 47.7 Å². The maximum atomic E-state index is 6.05. The Kier molecular flexibility index (Phi) is 11.9. The van der Waals surface area contributed by atoms with Gasteiger partial charge >= 0.3 is 0 Å². The van der Waals surface area contributed by atoms with E-state index in [1.165, 1.54) is 5.56 Å². The van der Waals surface area contributed by atoms with Crippen LogP contribution in [0.25, 0.3) is 0 Å². The minimum atomic E-state index is 0. The van der Waals surface area contributed by atoms with Crippen molar-refractivity contribution in [2.45, 2.75) is 19.8 Å². The molecule has 9 heteroatoms. The fraction of sp³-hybridized carbons (Fsp3) is 0.500. The lowest BCUT2D eigenvalue weighted by molar-refractivity contribution is 0.255. The number of aromatic nitrogens is 2. The number of nitrogens with one attached hydrogen (secondary N) is 2. The van der Waals surface area contributed by atoms with Crippen LogP contribution in [0.4, 0.5) is 5.95 Å². The van der Waals surface area contributed by atoms with Crippen molar-refractivity contribution in [3.05, 3.63) is 53.3 Å². The third kappa shape index (κ3) is 9.16. The zero-order valence-electron chi connectivity index (χ0n) is 18.1. The van der Waals surface area contributed by atoms with E-state index < -0.39 is 0 Å². The zero-order valence-corrected chi connectivity index (χ0v) is 21.2. The number of hydrogen-bond acceptors (Lipinski definition) is 5. The van der Waals surface area contributed by atoms with Gasteiger partial charge in [0.05, 0.1) is 0 Å². The minimum absolute atomic E-state index is 0. The van der Waals surface area contributed by atoms with Crippen molar-refractivity contribution in [3.8, 4) is 0 Å². The summed E-state index contributed by atoms with van der Waals surface area (Å²) in [5, 5.41) is 7.52. The van der Waals surface area contributed by atoms with Gasteiger partial charge in [0, 0.05) is 69.8 Å². The summed E-state index contributed by atoms with van der Waals surface area (Å²) in [5.74, 6) is 1.71. The number of hydrogen-bond donors (Lipinski definition) is 2. The normalized spacial score (nSPS) is 14.8. The van der Waals surface area contributed by atoms with Crippen molar-refractivity contribution in [1.82, 2.24) is 25.5 Å². The van der Waals surface area contributed by atoms with E-state index in [-0.39, 0.29) is 24.0 Å². The first-order valence-corrected chi connectivity index (χ1v) is 11.1. The fourth-order valence-corrected chi connectivity index (χ4v) is 3.68. The highest BCUT2D eigenvalue weighted by atomic mass is 127. The summed E-state index contributed by atoms with van der Waals surface area (Å²) in [7, 11) is 0. The van der Waals surface area contributed by atoms with Crippen molar-refractivity contribution >= 4 is 47.5 Å². The molecule has 0 aliphatic carbocycles. The van der Waals surface area contributed by atoms with E-state index >= 15 is 0 Å². The van der Waals surface area contributed by atoms with Crippen molar-refractivity contribution in [2.24, 2.45) is 4.99 Å². The second-order valence-corrected chi connectivity index (χ2v) is 7.73. The van der Waals surface area contributed by atoms with E-state index in [0.717, 1.165) is 82.1 Å². The van der Waals surface area contributed by atoms with Crippen molar-refractivity contribution < 1.29 is 0 Å². The SMILES string of the molecule is CCNC(=NCCCN1CCN(c2ncccn2)CC1)NCCc1cccc(Cl)c1.I. The van der Waals surface area contributed by atoms with E-state index in [2.05, 4.69) is 43.4 Å². The standard InChI is InChI=1S/C22H32ClN7.HI/c1-2-24-21(26-12-8-19-6-3-7-20(23)18-19)25-11-5-13-29-14-16-30(17-15-29)22-27-9-4-10-28-22;/h3-4,6-7,9-10,18H,2,5,8,11-17H2,1H3,(H2,24,25,26);1H. The van der Waals surface area contributed by atoms with Gasteiger partial charge in [-0.05, 0) is 43.5 Å². The Morgan fingerprint density at radius 3 is 2.58 bits per heavy atom. The Hall–Kier alpha value is -1.65. The lowest BCUT2D eigenvalue weighted by Crippen LogP contribution is -2.47. The number of halogens is 2. The molecule has 2 heterocycles. The van der Waals surface area contributed by atoms with Crippen LogP contribution in [0.1, 0.15) is 18.9 Å². The first kappa shape index (κ1) is 25.6. The van der Waals surface area contributed by atoms with Gasteiger partial charge in [0.15, 0.2) is 5.96 Å². The quantitative estimate of drug-likeness (QED) is 0.214. The van der Waals surface area contributed by atoms with E-state index in [9.17, 15) is 0 Å². The lowest BCUT2D eigenvalue weighted by Gasteiger charge is -2.34. The number of rotatable bonds is 9. The Morgan fingerprint density at radius 1 is 1.10 bits per heavy atom. The van der Waals surface area contributed by atoms with Gasteiger partial charge in [-0.3, -0.25) is 9.89 Å². The smallest absolute Gasteiger partial charge is 0.225 e. The molecule has 2 N–H and O–H groups in total. The number of benzene rings is 1. The molecule has 0 bridgehead atoms. The second kappa shape index (κ2) is 14.4. The Labute approximate surface area is 207 Å². The Balaban J connectivity index is 0.00000341. The molecule has 0 amide bonds. The molecule has 0 radical (unpaired) electrons. The molecule has 0 atom stereocenters. The van der Waals surface area contributed by atoms with Gasteiger partial charge in [0.2, 0.25) is 5.95 Å². The van der Waals surface area contributed by atoms with Crippen molar-refractivity contribution in [1.29, 1.82) is 0 Å². The molecule has 3 rings (SSSR count). The van der Waals surface area contributed by atoms with Gasteiger partial charge in [-0.15, -0.1) is 24.0 Å². The average Bonchev–Trinajstić information content (AvgIpc) is 2.78. The topological polar surface area (TPSA) is 68.7 Å². The summed E-state index contributed by atoms with van der Waals surface area (Å²) in [6.45, 7) is 9.68. The maximum Gasteiger partial charge on any atom is 0.225 e. The molecule has 0 saturated carbocycles. The molecule has 7 nitrogen and oxygen atoms in total. The Bertz CT molecular complexity index is 782. The van der Waals surface area contributed by atoms with Crippen LogP contribution in [0, 0.1) is 0 Å². The monoisotopic (exact) mass is 557 g/mol. The van der Waals surface area contributed by atoms with Crippen molar-refractivity contribution in [2.75, 3.05) is 57.3 Å². The molecule has 0 unspecified atom stereocenters. The summed E-state index contributed by atoms with van der Waals surface area (Å²) in [4.78, 5) is 18.2. The van der Waals surface area contributed by atoms with Crippen molar-refractivity contribution in [3.63, 3.8) is 0 Å². The number of piperazine rings is 1. The molecule has 1 saturated heterocycles. The molecule has 170 valence electrons. The van der Waals surface area contributed by atoms with Crippen LogP contribution < -0.4 is 15.5 Å². The number of aliphatic imine (C=N–C) groups is 1. The summed E-state index contributed by atoms with van der Waals surface area (Å²) >= 11 is 6.05. The molecule has 1 aliphatic heterocycles. The number of guanidine groups is 1. The highest BCUT2D eigenvalue weighted by Crippen LogP contribution is 2.11. The van der Waals surface area contributed by atoms with Gasteiger partial charge in [0.25, 0.3) is 0 Å². The van der Waals surface area contributed by atoms with Gasteiger partial charge in [-0.1, -0.05) is 23.7 Å². The lowest BCUT2D eigenvalue weighted by atomic mass is 10.1. The van der Waals surface area contributed by atoms with E-state index in [1.54, 1.807) is 12.4 Å². The molecule has 0 spiro atoms. The Morgan fingerprint density at radius 2 is 1.87 bits per heavy atom. The van der Waals surface area contributed by atoms with Gasteiger partial charge in [-0.25, -0.2) is 9.97 Å². The third-order valence-electron chi connectivity index (χ3n) is 5.05. The van der Waals surface area contributed by atoms with E-state index in [4.69, 9.17) is 16.6 Å². The van der Waals surface area contributed by atoms with Crippen LogP contribution in [-0.4, -0.2) is 73.2 Å². The average molecular weight is 558 g/mol. The van der Waals surface area contributed by atoms with Gasteiger partial charge in [-0.2, -0.15) is 0 Å². The largest absolute Gasteiger partial charge is 0.357 e. The number of nitrogens with zero attached hydrogens (tertiary/aromatic N) is 5. The zero-order chi connectivity index (χ0) is 21.0. The van der Waals surface area contributed by atoms with E-state index in [0.29, 0.717) is 0 Å². The van der Waals surface area contributed by atoms with Crippen LogP contribution >= 0.6 is 35.6 Å². The predicted molar refractivity (Wildman–Crippen MR) is 140 cm³/mol. The van der Waals surface area contributed by atoms with Crippen LogP contribution in [0.5, 0.6) is 0 Å².